The quantitative estimate of drug-likeness (QED) is 0.705. The molecule has 0 spiro atoms. The summed E-state index contributed by atoms with van der Waals surface area (Å²) in [5.74, 6) is 2.21. The molecule has 0 heterocycles. The van der Waals surface area contributed by atoms with Crippen LogP contribution in [0.5, 0.6) is 11.5 Å². The van der Waals surface area contributed by atoms with Crippen LogP contribution in [0.25, 0.3) is 0 Å². The van der Waals surface area contributed by atoms with Gasteiger partial charge in [0, 0.05) is 5.56 Å². The highest BCUT2D eigenvalue weighted by Gasteiger charge is 2.07. The van der Waals surface area contributed by atoms with Crippen molar-refractivity contribution < 1.29 is 4.74 Å². The highest BCUT2D eigenvalue weighted by atomic mass is 35.5. The fourth-order valence-electron chi connectivity index (χ4n) is 1.78. The molecule has 0 aliphatic heterocycles. The van der Waals surface area contributed by atoms with E-state index in [0.717, 1.165) is 28.2 Å². The molecule has 0 fully saturated rings. The van der Waals surface area contributed by atoms with Crippen molar-refractivity contribution in [3.05, 3.63) is 59.2 Å². The van der Waals surface area contributed by atoms with E-state index in [9.17, 15) is 0 Å². The highest BCUT2D eigenvalue weighted by Crippen LogP contribution is 2.31. The molecule has 2 heteroatoms. The average Bonchev–Trinajstić information content (AvgIpc) is 2.34. The number of rotatable bonds is 3. The largest absolute Gasteiger partial charge is 0.456 e. The Morgan fingerprint density at radius 2 is 1.59 bits per heavy atom. The number of hydrogen-bond acceptors (Lipinski definition) is 1. The van der Waals surface area contributed by atoms with E-state index in [1.54, 1.807) is 0 Å². The maximum atomic E-state index is 5.98. The number of hydrogen-bond donors (Lipinski definition) is 0. The summed E-state index contributed by atoms with van der Waals surface area (Å²) in [6.45, 7) is 4.09. The zero-order valence-corrected chi connectivity index (χ0v) is 10.8. The topological polar surface area (TPSA) is 9.23 Å². The molecule has 0 saturated heterocycles. The van der Waals surface area contributed by atoms with Gasteiger partial charge < -0.3 is 4.74 Å². The second-order valence-corrected chi connectivity index (χ2v) is 4.33. The zero-order valence-electron chi connectivity index (χ0n) is 10.0. The molecule has 0 amide bonds. The van der Waals surface area contributed by atoms with E-state index in [1.165, 1.54) is 0 Å². The van der Waals surface area contributed by atoms with Crippen molar-refractivity contribution in [1.82, 2.24) is 0 Å². The minimum atomic E-state index is 0.459. The molecular formula is C15H15ClO. The van der Waals surface area contributed by atoms with Crippen LogP contribution in [-0.2, 0) is 5.88 Å². The van der Waals surface area contributed by atoms with Crippen molar-refractivity contribution >= 4 is 11.6 Å². The summed E-state index contributed by atoms with van der Waals surface area (Å²) in [7, 11) is 0. The lowest BCUT2D eigenvalue weighted by Crippen LogP contribution is -1.93. The first-order valence-corrected chi connectivity index (χ1v) is 6.13. The van der Waals surface area contributed by atoms with E-state index < -0.39 is 0 Å². The third-order valence-corrected chi connectivity index (χ3v) is 3.03. The van der Waals surface area contributed by atoms with E-state index in [1.807, 2.05) is 56.3 Å². The summed E-state index contributed by atoms with van der Waals surface area (Å²) in [6.07, 6.45) is 0. The Labute approximate surface area is 107 Å². The zero-order chi connectivity index (χ0) is 12.3. The Morgan fingerprint density at radius 1 is 0.941 bits per heavy atom. The molecule has 17 heavy (non-hydrogen) atoms. The first-order chi connectivity index (χ1) is 8.22. The van der Waals surface area contributed by atoms with Gasteiger partial charge in [-0.3, -0.25) is 0 Å². The fourth-order valence-corrected chi connectivity index (χ4v) is 2.00. The minimum Gasteiger partial charge on any atom is -0.456 e. The molecule has 0 aromatic heterocycles. The summed E-state index contributed by atoms with van der Waals surface area (Å²) in [5, 5.41) is 0. The first kappa shape index (κ1) is 12.0. The van der Waals surface area contributed by atoms with Gasteiger partial charge in [-0.2, -0.15) is 0 Å². The Balaban J connectivity index is 2.38. The molecule has 0 bridgehead atoms. The van der Waals surface area contributed by atoms with Gasteiger partial charge in [0.2, 0.25) is 0 Å². The molecule has 0 N–H and O–H groups in total. The molecule has 1 nitrogen and oxygen atoms in total. The molecule has 0 aliphatic rings. The molecule has 2 aromatic rings. The number of ether oxygens (including phenoxy) is 1. The van der Waals surface area contributed by atoms with Crippen LogP contribution in [0.15, 0.2) is 42.5 Å². The molecule has 0 atom stereocenters. The number of alkyl halides is 1. The molecule has 0 unspecified atom stereocenters. The number of para-hydroxylation sites is 2. The third kappa shape index (κ3) is 2.62. The Hall–Kier alpha value is -1.47. The minimum absolute atomic E-state index is 0.459. The number of halogens is 1. The van der Waals surface area contributed by atoms with E-state index in [2.05, 4.69) is 0 Å². The smallest absolute Gasteiger partial charge is 0.133 e. The van der Waals surface area contributed by atoms with Gasteiger partial charge in [0.15, 0.2) is 0 Å². The van der Waals surface area contributed by atoms with Gasteiger partial charge in [0.1, 0.15) is 11.5 Å². The van der Waals surface area contributed by atoms with Crippen molar-refractivity contribution in [3.63, 3.8) is 0 Å². The molecular weight excluding hydrogens is 232 g/mol. The maximum Gasteiger partial charge on any atom is 0.133 e. The summed E-state index contributed by atoms with van der Waals surface area (Å²) in [4.78, 5) is 0. The van der Waals surface area contributed by atoms with Crippen LogP contribution in [0.1, 0.15) is 16.7 Å². The first-order valence-electron chi connectivity index (χ1n) is 5.60. The SMILES string of the molecule is Cc1cccc(C)c1Oc1ccccc1CCl. The van der Waals surface area contributed by atoms with Crippen LogP contribution in [-0.4, -0.2) is 0 Å². The van der Waals surface area contributed by atoms with Gasteiger partial charge in [-0.1, -0.05) is 36.4 Å². The van der Waals surface area contributed by atoms with Gasteiger partial charge in [-0.05, 0) is 31.0 Å². The predicted molar refractivity (Wildman–Crippen MR) is 72.0 cm³/mol. The molecule has 0 radical (unpaired) electrons. The van der Waals surface area contributed by atoms with Gasteiger partial charge >= 0.3 is 0 Å². The standard InChI is InChI=1S/C15H15ClO/c1-11-6-5-7-12(2)15(11)17-14-9-4-3-8-13(14)10-16/h3-9H,10H2,1-2H3. The predicted octanol–water partition coefficient (Wildman–Crippen LogP) is 4.83. The average molecular weight is 247 g/mol. The monoisotopic (exact) mass is 246 g/mol. The molecule has 2 rings (SSSR count). The number of benzene rings is 2. The van der Waals surface area contributed by atoms with Crippen molar-refractivity contribution in [1.29, 1.82) is 0 Å². The summed E-state index contributed by atoms with van der Waals surface area (Å²) in [6, 6.07) is 14.0. The van der Waals surface area contributed by atoms with Gasteiger partial charge in [-0.25, -0.2) is 0 Å². The van der Waals surface area contributed by atoms with Crippen molar-refractivity contribution in [2.75, 3.05) is 0 Å². The Morgan fingerprint density at radius 3 is 2.24 bits per heavy atom. The number of aryl methyl sites for hydroxylation is 2. The maximum absolute atomic E-state index is 5.98. The van der Waals surface area contributed by atoms with Crippen LogP contribution in [0.2, 0.25) is 0 Å². The second-order valence-electron chi connectivity index (χ2n) is 4.06. The van der Waals surface area contributed by atoms with Crippen LogP contribution >= 0.6 is 11.6 Å². The molecule has 2 aromatic carbocycles. The summed E-state index contributed by atoms with van der Waals surface area (Å²) in [5.41, 5.74) is 3.28. The second kappa shape index (κ2) is 5.24. The fraction of sp³-hybridized carbons (Fsp3) is 0.200. The van der Waals surface area contributed by atoms with Crippen LogP contribution < -0.4 is 4.74 Å². The Bertz CT molecular complexity index is 500. The van der Waals surface area contributed by atoms with E-state index in [-0.39, 0.29) is 0 Å². The summed E-state index contributed by atoms with van der Waals surface area (Å²) >= 11 is 5.90. The van der Waals surface area contributed by atoms with Crippen LogP contribution in [0, 0.1) is 13.8 Å². The Kier molecular flexibility index (Phi) is 3.70. The van der Waals surface area contributed by atoms with Crippen molar-refractivity contribution in [2.45, 2.75) is 19.7 Å². The van der Waals surface area contributed by atoms with Crippen molar-refractivity contribution in [2.24, 2.45) is 0 Å². The van der Waals surface area contributed by atoms with E-state index >= 15 is 0 Å². The lowest BCUT2D eigenvalue weighted by atomic mass is 10.1. The van der Waals surface area contributed by atoms with Crippen LogP contribution in [0.4, 0.5) is 0 Å². The van der Waals surface area contributed by atoms with Crippen LogP contribution in [0.3, 0.4) is 0 Å². The van der Waals surface area contributed by atoms with Gasteiger partial charge in [0.05, 0.1) is 5.88 Å². The third-order valence-electron chi connectivity index (χ3n) is 2.74. The van der Waals surface area contributed by atoms with Crippen molar-refractivity contribution in [3.8, 4) is 11.5 Å². The highest BCUT2D eigenvalue weighted by molar-refractivity contribution is 6.17. The lowest BCUT2D eigenvalue weighted by Gasteiger charge is -2.13. The summed E-state index contributed by atoms with van der Waals surface area (Å²) < 4.78 is 5.98. The normalized spacial score (nSPS) is 10.3. The molecule has 0 aliphatic carbocycles. The van der Waals surface area contributed by atoms with Gasteiger partial charge in [-0.15, -0.1) is 11.6 Å². The molecule has 88 valence electrons. The van der Waals surface area contributed by atoms with Gasteiger partial charge in [0.25, 0.3) is 0 Å². The lowest BCUT2D eigenvalue weighted by molar-refractivity contribution is 0.471. The molecule has 0 saturated carbocycles. The van der Waals surface area contributed by atoms with E-state index in [4.69, 9.17) is 16.3 Å². The van der Waals surface area contributed by atoms with E-state index in [0.29, 0.717) is 5.88 Å².